The number of rotatable bonds is 4. The normalized spacial score (nSPS) is 23.9. The summed E-state index contributed by atoms with van der Waals surface area (Å²) in [5.74, 6) is 1.71. The topological polar surface area (TPSA) is 17.1 Å². The molecule has 0 aliphatic heterocycles. The van der Waals surface area contributed by atoms with Gasteiger partial charge in [-0.25, -0.2) is 0 Å². The number of hydrogen-bond donors (Lipinski definition) is 0. The third-order valence-electron chi connectivity index (χ3n) is 3.50. The van der Waals surface area contributed by atoms with Crippen LogP contribution in [0, 0.1) is 5.92 Å². The van der Waals surface area contributed by atoms with E-state index in [1.54, 1.807) is 0 Å². The summed E-state index contributed by atoms with van der Waals surface area (Å²) in [4.78, 5) is 12.0. The molecule has 0 bridgehead atoms. The maximum absolute atomic E-state index is 12.0. The lowest BCUT2D eigenvalue weighted by Gasteiger charge is -2.25. The first kappa shape index (κ1) is 14.1. The van der Waals surface area contributed by atoms with Crippen LogP contribution in [0.3, 0.4) is 0 Å². The third kappa shape index (κ3) is 4.13. The molecule has 0 radical (unpaired) electrons. The highest BCUT2D eigenvalue weighted by Crippen LogP contribution is 2.32. The summed E-state index contributed by atoms with van der Waals surface area (Å²) in [6.07, 6.45) is 5.24. The fourth-order valence-corrected chi connectivity index (χ4v) is 4.06. The molecule has 3 heteroatoms. The Balaban J connectivity index is 1.82. The first-order valence-corrected chi connectivity index (χ1v) is 8.39. The van der Waals surface area contributed by atoms with Gasteiger partial charge in [0, 0.05) is 15.3 Å². The number of Topliss-reactive ketones (excluding diaryl/α,β-unsaturated/α-hetero) is 1. The molecule has 1 aromatic carbocycles. The van der Waals surface area contributed by atoms with Crippen LogP contribution in [0.5, 0.6) is 0 Å². The van der Waals surface area contributed by atoms with E-state index >= 15 is 0 Å². The van der Waals surface area contributed by atoms with E-state index in [1.807, 2.05) is 36.0 Å². The SMILES string of the molecule is CC1CCCC(SCC(=O)c2ccc(Br)cc2)C1. The smallest absolute Gasteiger partial charge is 0.172 e. The second kappa shape index (κ2) is 6.76. The minimum atomic E-state index is 0.255. The molecule has 1 aliphatic carbocycles. The van der Waals surface area contributed by atoms with Gasteiger partial charge in [-0.15, -0.1) is 0 Å². The van der Waals surface area contributed by atoms with E-state index in [-0.39, 0.29) is 5.78 Å². The Labute approximate surface area is 122 Å². The van der Waals surface area contributed by atoms with Gasteiger partial charge >= 0.3 is 0 Å². The van der Waals surface area contributed by atoms with Crippen molar-refractivity contribution >= 4 is 33.5 Å². The molecule has 0 heterocycles. The molecule has 1 nitrogen and oxygen atoms in total. The van der Waals surface area contributed by atoms with Crippen LogP contribution < -0.4 is 0 Å². The Morgan fingerprint density at radius 2 is 2.06 bits per heavy atom. The zero-order valence-corrected chi connectivity index (χ0v) is 13.1. The van der Waals surface area contributed by atoms with E-state index in [2.05, 4.69) is 22.9 Å². The highest BCUT2D eigenvalue weighted by molar-refractivity contribution is 9.10. The highest BCUT2D eigenvalue weighted by Gasteiger charge is 2.20. The van der Waals surface area contributed by atoms with Crippen LogP contribution in [0.15, 0.2) is 28.7 Å². The average Bonchev–Trinajstić information content (AvgIpc) is 2.37. The van der Waals surface area contributed by atoms with Crippen LogP contribution in [0.4, 0.5) is 0 Å². The molecule has 2 unspecified atom stereocenters. The van der Waals surface area contributed by atoms with Gasteiger partial charge in [-0.2, -0.15) is 11.8 Å². The van der Waals surface area contributed by atoms with E-state index < -0.39 is 0 Å². The van der Waals surface area contributed by atoms with Crippen molar-refractivity contribution < 1.29 is 4.79 Å². The standard InChI is InChI=1S/C15H19BrOS/c1-11-3-2-4-14(9-11)18-10-15(17)12-5-7-13(16)8-6-12/h5-8,11,14H,2-4,9-10H2,1H3. The van der Waals surface area contributed by atoms with E-state index in [1.165, 1.54) is 25.7 Å². The van der Waals surface area contributed by atoms with Gasteiger partial charge in [0.2, 0.25) is 0 Å². The van der Waals surface area contributed by atoms with Crippen LogP contribution in [0.2, 0.25) is 0 Å². The molecule has 18 heavy (non-hydrogen) atoms. The quantitative estimate of drug-likeness (QED) is 0.728. The predicted molar refractivity (Wildman–Crippen MR) is 82.4 cm³/mol. The molecular weight excluding hydrogens is 308 g/mol. The molecule has 2 rings (SSSR count). The van der Waals surface area contributed by atoms with Gasteiger partial charge in [0.1, 0.15) is 0 Å². The molecular formula is C15H19BrOS. The fourth-order valence-electron chi connectivity index (χ4n) is 2.44. The van der Waals surface area contributed by atoms with Crippen LogP contribution in [-0.4, -0.2) is 16.8 Å². The zero-order chi connectivity index (χ0) is 13.0. The molecule has 1 aliphatic rings. The summed E-state index contributed by atoms with van der Waals surface area (Å²) < 4.78 is 1.02. The van der Waals surface area contributed by atoms with Crippen LogP contribution >= 0.6 is 27.7 Å². The summed E-state index contributed by atoms with van der Waals surface area (Å²) >= 11 is 5.23. The van der Waals surface area contributed by atoms with Crippen molar-refractivity contribution in [3.05, 3.63) is 34.3 Å². The van der Waals surface area contributed by atoms with Gasteiger partial charge in [-0.1, -0.05) is 47.8 Å². The Hall–Kier alpha value is -0.280. The van der Waals surface area contributed by atoms with E-state index in [0.717, 1.165) is 16.0 Å². The Bertz CT molecular complexity index is 401. The lowest BCUT2D eigenvalue weighted by Crippen LogP contribution is -2.17. The second-order valence-electron chi connectivity index (χ2n) is 5.13. The van der Waals surface area contributed by atoms with Gasteiger partial charge in [0.15, 0.2) is 5.78 Å². The summed E-state index contributed by atoms with van der Waals surface area (Å²) in [6.45, 7) is 2.32. The van der Waals surface area contributed by atoms with Gasteiger partial charge in [-0.05, 0) is 30.9 Å². The first-order valence-electron chi connectivity index (χ1n) is 6.55. The van der Waals surface area contributed by atoms with Crippen molar-refractivity contribution in [2.24, 2.45) is 5.92 Å². The summed E-state index contributed by atoms with van der Waals surface area (Å²) in [5, 5.41) is 0.688. The van der Waals surface area contributed by atoms with Crippen molar-refractivity contribution in [3.8, 4) is 0 Å². The summed E-state index contributed by atoms with van der Waals surface area (Å²) in [7, 11) is 0. The fraction of sp³-hybridized carbons (Fsp3) is 0.533. The third-order valence-corrected chi connectivity index (χ3v) is 5.36. The van der Waals surface area contributed by atoms with E-state index in [9.17, 15) is 4.79 Å². The van der Waals surface area contributed by atoms with Gasteiger partial charge < -0.3 is 0 Å². The molecule has 0 saturated heterocycles. The molecule has 1 fully saturated rings. The van der Waals surface area contributed by atoms with Crippen molar-refractivity contribution in [3.63, 3.8) is 0 Å². The lowest BCUT2D eigenvalue weighted by atomic mass is 9.91. The molecule has 1 saturated carbocycles. The minimum Gasteiger partial charge on any atom is -0.293 e. The van der Waals surface area contributed by atoms with Gasteiger partial charge in [0.25, 0.3) is 0 Å². The van der Waals surface area contributed by atoms with Crippen LogP contribution in [0.1, 0.15) is 43.0 Å². The van der Waals surface area contributed by atoms with Crippen molar-refractivity contribution in [2.75, 3.05) is 5.75 Å². The Morgan fingerprint density at radius 1 is 1.33 bits per heavy atom. The number of ketones is 1. The number of halogens is 1. The molecule has 0 N–H and O–H groups in total. The molecule has 0 amide bonds. The van der Waals surface area contributed by atoms with Crippen LogP contribution in [-0.2, 0) is 0 Å². The highest BCUT2D eigenvalue weighted by atomic mass is 79.9. The van der Waals surface area contributed by atoms with Gasteiger partial charge in [0.05, 0.1) is 5.75 Å². The van der Waals surface area contributed by atoms with Gasteiger partial charge in [-0.3, -0.25) is 4.79 Å². The zero-order valence-electron chi connectivity index (χ0n) is 10.7. The number of benzene rings is 1. The van der Waals surface area contributed by atoms with Crippen LogP contribution in [0.25, 0.3) is 0 Å². The summed E-state index contributed by atoms with van der Waals surface area (Å²) in [5.41, 5.74) is 0.828. The monoisotopic (exact) mass is 326 g/mol. The molecule has 2 atom stereocenters. The average molecular weight is 327 g/mol. The number of carbonyl (C=O) groups is 1. The van der Waals surface area contributed by atoms with Crippen molar-refractivity contribution in [2.45, 2.75) is 37.9 Å². The molecule has 98 valence electrons. The van der Waals surface area contributed by atoms with E-state index in [4.69, 9.17) is 0 Å². The molecule has 0 aromatic heterocycles. The Morgan fingerprint density at radius 3 is 2.72 bits per heavy atom. The first-order chi connectivity index (χ1) is 8.65. The molecule has 1 aromatic rings. The largest absolute Gasteiger partial charge is 0.293 e. The maximum atomic E-state index is 12.0. The van der Waals surface area contributed by atoms with Crippen molar-refractivity contribution in [1.29, 1.82) is 0 Å². The molecule has 0 spiro atoms. The lowest BCUT2D eigenvalue weighted by molar-refractivity contribution is 0.102. The van der Waals surface area contributed by atoms with Crippen molar-refractivity contribution in [1.82, 2.24) is 0 Å². The Kier molecular flexibility index (Phi) is 5.31. The minimum absolute atomic E-state index is 0.255. The van der Waals surface area contributed by atoms with E-state index in [0.29, 0.717) is 11.0 Å². The number of hydrogen-bond acceptors (Lipinski definition) is 2. The second-order valence-corrected chi connectivity index (χ2v) is 7.34. The number of thioether (sulfide) groups is 1. The summed E-state index contributed by atoms with van der Waals surface area (Å²) in [6, 6.07) is 7.66. The maximum Gasteiger partial charge on any atom is 0.172 e. The number of carbonyl (C=O) groups excluding carboxylic acids is 1. The predicted octanol–water partition coefficient (Wildman–Crippen LogP) is 4.94.